The highest BCUT2D eigenvalue weighted by molar-refractivity contribution is 9.10. The van der Waals surface area contributed by atoms with Crippen molar-refractivity contribution in [3.63, 3.8) is 0 Å². The predicted molar refractivity (Wildman–Crippen MR) is 77.5 cm³/mol. The number of carbonyl (C=O) groups is 1. The largest absolute Gasteiger partial charge is 0.329 e. The van der Waals surface area contributed by atoms with Crippen LogP contribution in [0.2, 0.25) is 0 Å². The smallest absolute Gasteiger partial charge is 0.231 e. The molecule has 0 aliphatic heterocycles. The highest BCUT2D eigenvalue weighted by Crippen LogP contribution is 2.38. The molecule has 1 aromatic carbocycles. The number of amides is 1. The highest BCUT2D eigenvalue weighted by atomic mass is 79.9. The van der Waals surface area contributed by atoms with Crippen molar-refractivity contribution in [1.82, 2.24) is 0 Å². The summed E-state index contributed by atoms with van der Waals surface area (Å²) >= 11 is 3.46. The van der Waals surface area contributed by atoms with Gasteiger partial charge >= 0.3 is 0 Å². The van der Waals surface area contributed by atoms with Gasteiger partial charge in [-0.25, -0.2) is 0 Å². The molecule has 1 fully saturated rings. The summed E-state index contributed by atoms with van der Waals surface area (Å²) in [6.07, 6.45) is 4.00. The molecular weight excluding hydrogens is 292 g/mol. The summed E-state index contributed by atoms with van der Waals surface area (Å²) in [5.41, 5.74) is 7.42. The number of aryl methyl sites for hydroxylation is 1. The van der Waals surface area contributed by atoms with Crippen LogP contribution in [0.3, 0.4) is 0 Å². The molecule has 3 N–H and O–H groups in total. The van der Waals surface area contributed by atoms with Crippen LogP contribution in [-0.2, 0) is 4.79 Å². The van der Waals surface area contributed by atoms with Gasteiger partial charge in [0.1, 0.15) is 0 Å². The van der Waals surface area contributed by atoms with Crippen molar-refractivity contribution < 1.29 is 4.79 Å². The van der Waals surface area contributed by atoms with Gasteiger partial charge in [0, 0.05) is 11.0 Å². The maximum Gasteiger partial charge on any atom is 0.231 e. The van der Waals surface area contributed by atoms with Crippen LogP contribution >= 0.6 is 15.9 Å². The maximum absolute atomic E-state index is 12.4. The zero-order valence-electron chi connectivity index (χ0n) is 10.6. The molecular formula is C14H19BrN2O. The second-order valence-corrected chi connectivity index (χ2v) is 5.98. The fourth-order valence-electron chi connectivity index (χ4n) is 2.57. The molecule has 98 valence electrons. The minimum absolute atomic E-state index is 0.0637. The Labute approximate surface area is 116 Å². The van der Waals surface area contributed by atoms with Gasteiger partial charge in [0.05, 0.1) is 11.1 Å². The molecule has 1 amide bonds. The van der Waals surface area contributed by atoms with E-state index in [-0.39, 0.29) is 11.3 Å². The van der Waals surface area contributed by atoms with Crippen molar-refractivity contribution >= 4 is 27.5 Å². The van der Waals surface area contributed by atoms with Gasteiger partial charge < -0.3 is 11.1 Å². The summed E-state index contributed by atoms with van der Waals surface area (Å²) in [5.74, 6) is 0.0637. The first-order chi connectivity index (χ1) is 8.57. The van der Waals surface area contributed by atoms with Gasteiger partial charge in [-0.3, -0.25) is 4.79 Å². The average molecular weight is 311 g/mol. The number of nitrogens with one attached hydrogen (secondary N) is 1. The van der Waals surface area contributed by atoms with E-state index in [1.807, 2.05) is 25.1 Å². The lowest BCUT2D eigenvalue weighted by molar-refractivity contribution is -0.124. The van der Waals surface area contributed by atoms with Crippen LogP contribution in [0.1, 0.15) is 31.2 Å². The number of nitrogens with two attached hydrogens (primary N) is 1. The van der Waals surface area contributed by atoms with Crippen LogP contribution in [0.15, 0.2) is 22.7 Å². The van der Waals surface area contributed by atoms with E-state index in [1.165, 1.54) is 0 Å². The molecule has 2 rings (SSSR count). The highest BCUT2D eigenvalue weighted by Gasteiger charge is 2.39. The summed E-state index contributed by atoms with van der Waals surface area (Å²) in [5, 5.41) is 3.02. The third kappa shape index (κ3) is 2.59. The first-order valence-corrected chi connectivity index (χ1v) is 7.14. The third-order valence-corrected chi connectivity index (χ3v) is 4.49. The zero-order chi connectivity index (χ0) is 13.2. The van der Waals surface area contributed by atoms with E-state index >= 15 is 0 Å². The Kier molecular flexibility index (Phi) is 4.07. The van der Waals surface area contributed by atoms with Crippen molar-refractivity contribution in [3.8, 4) is 0 Å². The Balaban J connectivity index is 2.18. The monoisotopic (exact) mass is 310 g/mol. The van der Waals surface area contributed by atoms with E-state index in [2.05, 4.69) is 21.2 Å². The minimum atomic E-state index is -0.358. The maximum atomic E-state index is 12.4. The van der Waals surface area contributed by atoms with Gasteiger partial charge in [0.15, 0.2) is 0 Å². The Morgan fingerprint density at radius 3 is 2.72 bits per heavy atom. The summed E-state index contributed by atoms with van der Waals surface area (Å²) in [7, 11) is 0. The molecule has 0 aromatic heterocycles. The fourth-order valence-corrected chi connectivity index (χ4v) is 2.91. The number of carbonyl (C=O) groups excluding carboxylic acids is 1. The van der Waals surface area contributed by atoms with Crippen LogP contribution in [-0.4, -0.2) is 12.5 Å². The van der Waals surface area contributed by atoms with Crippen LogP contribution < -0.4 is 11.1 Å². The topological polar surface area (TPSA) is 55.1 Å². The van der Waals surface area contributed by atoms with Crippen molar-refractivity contribution in [1.29, 1.82) is 0 Å². The lowest BCUT2D eigenvalue weighted by Crippen LogP contribution is -2.40. The van der Waals surface area contributed by atoms with E-state index in [0.29, 0.717) is 6.54 Å². The number of benzene rings is 1. The van der Waals surface area contributed by atoms with E-state index in [1.54, 1.807) is 0 Å². The van der Waals surface area contributed by atoms with Gasteiger partial charge in [0.25, 0.3) is 0 Å². The van der Waals surface area contributed by atoms with E-state index in [9.17, 15) is 4.79 Å². The number of anilines is 1. The zero-order valence-corrected chi connectivity index (χ0v) is 12.2. The third-order valence-electron chi connectivity index (χ3n) is 3.80. The molecule has 0 atom stereocenters. The van der Waals surface area contributed by atoms with Crippen molar-refractivity contribution in [2.45, 2.75) is 32.6 Å². The van der Waals surface area contributed by atoms with Crippen molar-refractivity contribution in [3.05, 3.63) is 28.2 Å². The molecule has 1 saturated carbocycles. The number of halogens is 1. The molecule has 0 unspecified atom stereocenters. The standard InChI is InChI=1S/C14H19BrN2O/c1-10-4-5-11(15)12(8-10)17-13(18)14(9-16)6-2-3-7-14/h4-5,8H,2-3,6-7,9,16H2,1H3,(H,17,18). The summed E-state index contributed by atoms with van der Waals surface area (Å²) in [6, 6.07) is 5.93. The molecule has 0 saturated heterocycles. The lowest BCUT2D eigenvalue weighted by Gasteiger charge is -2.26. The first kappa shape index (κ1) is 13.6. The number of hydrogen-bond donors (Lipinski definition) is 2. The minimum Gasteiger partial charge on any atom is -0.329 e. The van der Waals surface area contributed by atoms with Crippen molar-refractivity contribution in [2.75, 3.05) is 11.9 Å². The van der Waals surface area contributed by atoms with Gasteiger partial charge in [-0.1, -0.05) is 18.9 Å². The van der Waals surface area contributed by atoms with Crippen molar-refractivity contribution in [2.24, 2.45) is 11.1 Å². The number of rotatable bonds is 3. The van der Waals surface area contributed by atoms with Gasteiger partial charge in [0.2, 0.25) is 5.91 Å². The summed E-state index contributed by atoms with van der Waals surface area (Å²) < 4.78 is 0.909. The van der Waals surface area contributed by atoms with Crippen LogP contribution in [0.5, 0.6) is 0 Å². The van der Waals surface area contributed by atoms with Crippen LogP contribution in [0.4, 0.5) is 5.69 Å². The molecule has 18 heavy (non-hydrogen) atoms. The Morgan fingerprint density at radius 1 is 1.44 bits per heavy atom. The van der Waals surface area contributed by atoms with Crippen LogP contribution in [0.25, 0.3) is 0 Å². The Morgan fingerprint density at radius 2 is 2.11 bits per heavy atom. The molecule has 1 aliphatic carbocycles. The summed E-state index contributed by atoms with van der Waals surface area (Å²) in [6.45, 7) is 2.44. The molecule has 1 aromatic rings. The first-order valence-electron chi connectivity index (χ1n) is 6.35. The normalized spacial score (nSPS) is 17.7. The van der Waals surface area contributed by atoms with Crippen LogP contribution in [0, 0.1) is 12.3 Å². The van der Waals surface area contributed by atoms with Gasteiger partial charge in [-0.2, -0.15) is 0 Å². The van der Waals surface area contributed by atoms with E-state index in [0.717, 1.165) is 41.4 Å². The molecule has 0 bridgehead atoms. The summed E-state index contributed by atoms with van der Waals surface area (Å²) in [4.78, 5) is 12.4. The van der Waals surface area contributed by atoms with Gasteiger partial charge in [-0.05, 0) is 53.4 Å². The molecule has 0 radical (unpaired) electrons. The average Bonchev–Trinajstić information content (AvgIpc) is 2.84. The van der Waals surface area contributed by atoms with E-state index < -0.39 is 0 Å². The molecule has 3 nitrogen and oxygen atoms in total. The second kappa shape index (κ2) is 5.41. The molecule has 0 heterocycles. The Hall–Kier alpha value is -0.870. The van der Waals surface area contributed by atoms with Gasteiger partial charge in [-0.15, -0.1) is 0 Å². The molecule has 4 heteroatoms. The fraction of sp³-hybridized carbons (Fsp3) is 0.500. The lowest BCUT2D eigenvalue weighted by atomic mass is 9.85. The molecule has 0 spiro atoms. The predicted octanol–water partition coefficient (Wildman–Crippen LogP) is 3.22. The quantitative estimate of drug-likeness (QED) is 0.900. The Bertz CT molecular complexity index is 453. The SMILES string of the molecule is Cc1ccc(Br)c(NC(=O)C2(CN)CCCC2)c1. The number of hydrogen-bond acceptors (Lipinski definition) is 2. The second-order valence-electron chi connectivity index (χ2n) is 5.13. The van der Waals surface area contributed by atoms with E-state index in [4.69, 9.17) is 5.73 Å². The molecule has 1 aliphatic rings.